The monoisotopic (exact) mass is 182 g/mol. The van der Waals surface area contributed by atoms with E-state index in [1.807, 2.05) is 13.8 Å². The second kappa shape index (κ2) is 3.97. The van der Waals surface area contributed by atoms with E-state index in [1.54, 1.807) is 0 Å². The Morgan fingerprint density at radius 2 is 2.00 bits per heavy atom. The molecule has 2 nitrogen and oxygen atoms in total. The minimum atomic E-state index is 0.0862. The summed E-state index contributed by atoms with van der Waals surface area (Å²) in [5.74, 6) is 2.29. The van der Waals surface area contributed by atoms with Gasteiger partial charge in [-0.15, -0.1) is 0 Å². The Bertz CT molecular complexity index is 287. The molecular formula is C11H18O2. The van der Waals surface area contributed by atoms with Gasteiger partial charge in [-0.25, -0.2) is 0 Å². The summed E-state index contributed by atoms with van der Waals surface area (Å²) in [6.45, 7) is 8.27. The van der Waals surface area contributed by atoms with Gasteiger partial charge in [0.05, 0.1) is 6.61 Å². The van der Waals surface area contributed by atoms with E-state index in [0.717, 1.165) is 29.1 Å². The predicted octanol–water partition coefficient (Wildman–Crippen LogP) is 2.90. The van der Waals surface area contributed by atoms with E-state index >= 15 is 0 Å². The van der Waals surface area contributed by atoms with Gasteiger partial charge in [-0.05, 0) is 25.8 Å². The molecule has 0 saturated carbocycles. The first-order valence-electron chi connectivity index (χ1n) is 4.81. The average Bonchev–Trinajstić information content (AvgIpc) is 2.42. The molecule has 1 aromatic heterocycles. The minimum absolute atomic E-state index is 0.0862. The summed E-state index contributed by atoms with van der Waals surface area (Å²) in [7, 11) is 0. The molecule has 1 unspecified atom stereocenters. The van der Waals surface area contributed by atoms with E-state index in [2.05, 4.69) is 13.8 Å². The fourth-order valence-corrected chi connectivity index (χ4v) is 1.48. The Hall–Kier alpha value is -0.760. The van der Waals surface area contributed by atoms with Crippen LogP contribution in [-0.2, 0) is 6.61 Å². The van der Waals surface area contributed by atoms with Crippen molar-refractivity contribution < 1.29 is 9.52 Å². The van der Waals surface area contributed by atoms with Crippen molar-refractivity contribution in [3.63, 3.8) is 0 Å². The highest BCUT2D eigenvalue weighted by Crippen LogP contribution is 2.29. The number of rotatable bonds is 3. The zero-order valence-corrected chi connectivity index (χ0v) is 8.85. The summed E-state index contributed by atoms with van der Waals surface area (Å²) >= 11 is 0. The summed E-state index contributed by atoms with van der Waals surface area (Å²) in [6, 6.07) is 0. The molecule has 0 aromatic carbocycles. The predicted molar refractivity (Wildman–Crippen MR) is 52.8 cm³/mol. The maximum atomic E-state index is 9.20. The van der Waals surface area contributed by atoms with E-state index in [0.29, 0.717) is 5.92 Å². The van der Waals surface area contributed by atoms with Crippen LogP contribution in [0.15, 0.2) is 4.42 Å². The molecular weight excluding hydrogens is 164 g/mol. The van der Waals surface area contributed by atoms with Crippen LogP contribution in [0.25, 0.3) is 0 Å². The van der Waals surface area contributed by atoms with Crippen molar-refractivity contribution in [3.8, 4) is 0 Å². The van der Waals surface area contributed by atoms with Crippen LogP contribution in [0.2, 0.25) is 0 Å². The highest BCUT2D eigenvalue weighted by Gasteiger charge is 2.17. The zero-order chi connectivity index (χ0) is 10.0. The van der Waals surface area contributed by atoms with Gasteiger partial charge in [-0.3, -0.25) is 0 Å². The molecule has 1 heterocycles. The Morgan fingerprint density at radius 3 is 2.46 bits per heavy atom. The molecule has 1 aromatic rings. The second-order valence-electron chi connectivity index (χ2n) is 3.59. The zero-order valence-electron chi connectivity index (χ0n) is 8.85. The smallest absolute Gasteiger partial charge is 0.112 e. The maximum absolute atomic E-state index is 9.20. The van der Waals surface area contributed by atoms with Crippen molar-refractivity contribution >= 4 is 0 Å². The highest BCUT2D eigenvalue weighted by atomic mass is 16.3. The Labute approximate surface area is 79.6 Å². The maximum Gasteiger partial charge on any atom is 0.112 e. The lowest BCUT2D eigenvalue weighted by atomic mass is 10.0. The van der Waals surface area contributed by atoms with Crippen LogP contribution in [-0.4, -0.2) is 5.11 Å². The second-order valence-corrected chi connectivity index (χ2v) is 3.59. The van der Waals surface area contributed by atoms with Crippen LogP contribution in [0.3, 0.4) is 0 Å². The molecule has 1 N–H and O–H groups in total. The van der Waals surface area contributed by atoms with E-state index in [-0.39, 0.29) is 6.61 Å². The van der Waals surface area contributed by atoms with Gasteiger partial charge in [0.15, 0.2) is 0 Å². The molecule has 74 valence electrons. The van der Waals surface area contributed by atoms with Gasteiger partial charge in [0.25, 0.3) is 0 Å². The highest BCUT2D eigenvalue weighted by molar-refractivity contribution is 5.33. The summed E-state index contributed by atoms with van der Waals surface area (Å²) in [6.07, 6.45) is 1.04. The van der Waals surface area contributed by atoms with Crippen LogP contribution in [0, 0.1) is 13.8 Å². The topological polar surface area (TPSA) is 33.4 Å². The number of hydrogen-bond acceptors (Lipinski definition) is 2. The van der Waals surface area contributed by atoms with E-state index in [1.165, 1.54) is 0 Å². The molecule has 0 aliphatic heterocycles. The van der Waals surface area contributed by atoms with Gasteiger partial charge in [-0.2, -0.15) is 0 Å². The fraction of sp³-hybridized carbons (Fsp3) is 0.636. The lowest BCUT2D eigenvalue weighted by molar-refractivity contribution is 0.276. The number of aryl methyl sites for hydroxylation is 1. The molecule has 2 heteroatoms. The number of hydrogen-bond donors (Lipinski definition) is 1. The molecule has 0 aliphatic rings. The van der Waals surface area contributed by atoms with E-state index < -0.39 is 0 Å². The van der Waals surface area contributed by atoms with Crippen molar-refractivity contribution in [2.45, 2.75) is 46.6 Å². The molecule has 0 radical (unpaired) electrons. The van der Waals surface area contributed by atoms with Crippen LogP contribution in [0.1, 0.15) is 48.8 Å². The lowest BCUT2D eigenvalue weighted by Gasteiger charge is -2.06. The molecule has 0 bridgehead atoms. The molecule has 0 spiro atoms. The van der Waals surface area contributed by atoms with Crippen molar-refractivity contribution in [3.05, 3.63) is 22.6 Å². The Kier molecular flexibility index (Phi) is 3.15. The first-order valence-corrected chi connectivity index (χ1v) is 4.81. The number of aliphatic hydroxyl groups excluding tert-OH is 1. The lowest BCUT2D eigenvalue weighted by Crippen LogP contribution is -1.95. The molecule has 0 amide bonds. The van der Waals surface area contributed by atoms with Crippen LogP contribution in [0.4, 0.5) is 0 Å². The Balaban J connectivity index is 3.13. The summed E-state index contributed by atoms with van der Waals surface area (Å²) in [5.41, 5.74) is 2.07. The first kappa shape index (κ1) is 10.3. The molecule has 0 saturated heterocycles. The van der Waals surface area contributed by atoms with Crippen LogP contribution >= 0.6 is 0 Å². The molecule has 0 aliphatic carbocycles. The van der Waals surface area contributed by atoms with Gasteiger partial charge in [-0.1, -0.05) is 13.8 Å². The van der Waals surface area contributed by atoms with Gasteiger partial charge in [0, 0.05) is 11.5 Å². The normalized spacial score (nSPS) is 13.3. The summed E-state index contributed by atoms with van der Waals surface area (Å²) in [4.78, 5) is 0. The number of furan rings is 1. The van der Waals surface area contributed by atoms with E-state index in [4.69, 9.17) is 4.42 Å². The third-order valence-electron chi connectivity index (χ3n) is 2.76. The van der Waals surface area contributed by atoms with E-state index in [9.17, 15) is 5.11 Å². The Morgan fingerprint density at radius 1 is 1.38 bits per heavy atom. The molecule has 13 heavy (non-hydrogen) atoms. The van der Waals surface area contributed by atoms with Gasteiger partial charge in [0.1, 0.15) is 11.5 Å². The molecule has 1 rings (SSSR count). The quantitative estimate of drug-likeness (QED) is 0.779. The van der Waals surface area contributed by atoms with Crippen molar-refractivity contribution in [1.82, 2.24) is 0 Å². The van der Waals surface area contributed by atoms with Crippen molar-refractivity contribution in [2.24, 2.45) is 0 Å². The molecule has 1 atom stereocenters. The van der Waals surface area contributed by atoms with Gasteiger partial charge in [0.2, 0.25) is 0 Å². The third kappa shape index (κ3) is 1.78. The summed E-state index contributed by atoms with van der Waals surface area (Å²) < 4.78 is 5.63. The third-order valence-corrected chi connectivity index (χ3v) is 2.76. The van der Waals surface area contributed by atoms with Crippen molar-refractivity contribution in [2.75, 3.05) is 0 Å². The van der Waals surface area contributed by atoms with Gasteiger partial charge < -0.3 is 9.52 Å². The van der Waals surface area contributed by atoms with Crippen LogP contribution in [0.5, 0.6) is 0 Å². The first-order chi connectivity index (χ1) is 6.11. The number of aliphatic hydroxyl groups is 1. The SMILES string of the molecule is CCC(C)c1oc(C)c(C)c1CO. The van der Waals surface area contributed by atoms with Crippen molar-refractivity contribution in [1.29, 1.82) is 0 Å². The molecule has 0 fully saturated rings. The minimum Gasteiger partial charge on any atom is -0.465 e. The fourth-order valence-electron chi connectivity index (χ4n) is 1.48. The summed E-state index contributed by atoms with van der Waals surface area (Å²) in [5, 5.41) is 9.20. The van der Waals surface area contributed by atoms with Gasteiger partial charge >= 0.3 is 0 Å². The average molecular weight is 182 g/mol. The van der Waals surface area contributed by atoms with Crippen LogP contribution < -0.4 is 0 Å². The largest absolute Gasteiger partial charge is 0.465 e. The standard InChI is InChI=1S/C11H18O2/c1-5-7(2)11-10(6-12)8(3)9(4)13-11/h7,12H,5-6H2,1-4H3.